The summed E-state index contributed by atoms with van der Waals surface area (Å²) in [6.45, 7) is 2.33. The highest BCUT2D eigenvalue weighted by Crippen LogP contribution is 2.31. The third-order valence-electron chi connectivity index (χ3n) is 3.64. The Kier molecular flexibility index (Phi) is 5.56. The maximum atomic E-state index is 12.2. The van der Waals surface area contributed by atoms with Gasteiger partial charge >= 0.3 is 0 Å². The lowest BCUT2D eigenvalue weighted by Crippen LogP contribution is -2.44. The van der Waals surface area contributed by atoms with Gasteiger partial charge in [-0.3, -0.25) is 4.79 Å². The van der Waals surface area contributed by atoms with Gasteiger partial charge in [-0.15, -0.1) is 0 Å². The Bertz CT molecular complexity index is 768. The van der Waals surface area contributed by atoms with E-state index in [0.29, 0.717) is 40.4 Å². The number of carbonyl (C=O) groups is 1. The number of fused-ring (bicyclic) bond motifs is 1. The topological polar surface area (TPSA) is 56.8 Å². The van der Waals surface area contributed by atoms with E-state index >= 15 is 0 Å². The second-order valence-electron chi connectivity index (χ2n) is 5.58. The largest absolute Gasteiger partial charge is 0.486 e. The van der Waals surface area contributed by atoms with E-state index in [-0.39, 0.29) is 12.0 Å². The Morgan fingerprint density at radius 1 is 1.28 bits per heavy atom. The highest BCUT2D eigenvalue weighted by atomic mass is 35.5. The van der Waals surface area contributed by atoms with Crippen molar-refractivity contribution in [1.29, 1.82) is 0 Å². The molecule has 2 aromatic rings. The van der Waals surface area contributed by atoms with Crippen LogP contribution < -0.4 is 19.5 Å². The van der Waals surface area contributed by atoms with Gasteiger partial charge in [-0.05, 0) is 37.3 Å². The smallest absolute Gasteiger partial charge is 0.260 e. The van der Waals surface area contributed by atoms with Crippen LogP contribution in [0.15, 0.2) is 42.5 Å². The third kappa shape index (κ3) is 4.50. The SMILES string of the molecule is C[C@H](Oc1ccc(Cl)cc1Cl)C(=O)NC[C@H]1COc2ccccc2O1. The molecule has 5 nitrogen and oxygen atoms in total. The predicted molar refractivity (Wildman–Crippen MR) is 95.9 cm³/mol. The fraction of sp³-hybridized carbons (Fsp3) is 0.278. The summed E-state index contributed by atoms with van der Waals surface area (Å²) >= 11 is 11.9. The first-order chi connectivity index (χ1) is 12.0. The molecule has 2 atom stereocenters. The van der Waals surface area contributed by atoms with E-state index in [2.05, 4.69) is 5.32 Å². The molecule has 0 aromatic heterocycles. The second-order valence-corrected chi connectivity index (χ2v) is 6.42. The van der Waals surface area contributed by atoms with Crippen LogP contribution in [0.2, 0.25) is 10.0 Å². The summed E-state index contributed by atoms with van der Waals surface area (Å²) in [7, 11) is 0. The fourth-order valence-corrected chi connectivity index (χ4v) is 2.79. The van der Waals surface area contributed by atoms with E-state index in [0.717, 1.165) is 0 Å². The maximum absolute atomic E-state index is 12.2. The summed E-state index contributed by atoms with van der Waals surface area (Å²) in [5.74, 6) is 1.51. The van der Waals surface area contributed by atoms with Crippen LogP contribution in [0.3, 0.4) is 0 Å². The van der Waals surface area contributed by atoms with Crippen LogP contribution in [0.25, 0.3) is 0 Å². The lowest BCUT2D eigenvalue weighted by atomic mass is 10.2. The molecule has 25 heavy (non-hydrogen) atoms. The number of ether oxygens (including phenoxy) is 3. The van der Waals surface area contributed by atoms with Crippen molar-refractivity contribution in [3.63, 3.8) is 0 Å². The predicted octanol–water partition coefficient (Wildman–Crippen LogP) is 3.72. The van der Waals surface area contributed by atoms with Gasteiger partial charge in [-0.1, -0.05) is 35.3 Å². The van der Waals surface area contributed by atoms with Crippen molar-refractivity contribution in [2.45, 2.75) is 19.1 Å². The number of para-hydroxylation sites is 2. The highest BCUT2D eigenvalue weighted by Gasteiger charge is 2.23. The molecule has 0 radical (unpaired) electrons. The summed E-state index contributed by atoms with van der Waals surface area (Å²) in [5.41, 5.74) is 0. The molecule has 0 fully saturated rings. The average Bonchev–Trinajstić information content (AvgIpc) is 2.61. The minimum atomic E-state index is -0.713. The molecule has 0 aliphatic carbocycles. The summed E-state index contributed by atoms with van der Waals surface area (Å²) in [5, 5.41) is 3.65. The molecular formula is C18H17Cl2NO4. The Labute approximate surface area is 155 Å². The molecule has 1 aliphatic rings. The quantitative estimate of drug-likeness (QED) is 0.857. The number of carbonyl (C=O) groups excluding carboxylic acids is 1. The monoisotopic (exact) mass is 381 g/mol. The highest BCUT2D eigenvalue weighted by molar-refractivity contribution is 6.35. The van der Waals surface area contributed by atoms with E-state index < -0.39 is 6.10 Å². The van der Waals surface area contributed by atoms with Gasteiger partial charge in [-0.2, -0.15) is 0 Å². The van der Waals surface area contributed by atoms with Gasteiger partial charge in [0.2, 0.25) is 0 Å². The van der Waals surface area contributed by atoms with Gasteiger partial charge in [0.05, 0.1) is 11.6 Å². The van der Waals surface area contributed by atoms with Crippen molar-refractivity contribution in [3.8, 4) is 17.2 Å². The Hall–Kier alpha value is -2.11. The molecule has 2 aromatic carbocycles. The molecule has 0 saturated heterocycles. The molecule has 1 amide bonds. The summed E-state index contributed by atoms with van der Waals surface area (Å²) in [6, 6.07) is 12.3. The first-order valence-electron chi connectivity index (χ1n) is 7.81. The number of amides is 1. The van der Waals surface area contributed by atoms with Crippen molar-refractivity contribution in [3.05, 3.63) is 52.5 Å². The van der Waals surface area contributed by atoms with Crippen LogP contribution in [0.1, 0.15) is 6.92 Å². The maximum Gasteiger partial charge on any atom is 0.260 e. The lowest BCUT2D eigenvalue weighted by molar-refractivity contribution is -0.127. The van der Waals surface area contributed by atoms with Gasteiger partial charge < -0.3 is 19.5 Å². The summed E-state index contributed by atoms with van der Waals surface area (Å²) in [4.78, 5) is 12.2. The number of rotatable bonds is 5. The molecule has 7 heteroatoms. The van der Waals surface area contributed by atoms with E-state index in [4.69, 9.17) is 37.4 Å². The van der Waals surface area contributed by atoms with Gasteiger partial charge in [-0.25, -0.2) is 0 Å². The van der Waals surface area contributed by atoms with E-state index in [1.54, 1.807) is 25.1 Å². The summed E-state index contributed by atoms with van der Waals surface area (Å²) < 4.78 is 17.0. The third-order valence-corrected chi connectivity index (χ3v) is 4.17. The van der Waals surface area contributed by atoms with Crippen molar-refractivity contribution < 1.29 is 19.0 Å². The number of hydrogen-bond donors (Lipinski definition) is 1. The zero-order valence-corrected chi connectivity index (χ0v) is 15.0. The Morgan fingerprint density at radius 2 is 2.04 bits per heavy atom. The zero-order chi connectivity index (χ0) is 17.8. The number of hydrogen-bond acceptors (Lipinski definition) is 4. The molecule has 0 unspecified atom stereocenters. The van der Waals surface area contributed by atoms with Crippen LogP contribution in [-0.4, -0.2) is 31.3 Å². The molecule has 0 saturated carbocycles. The zero-order valence-electron chi connectivity index (χ0n) is 13.5. The normalized spacial score (nSPS) is 16.8. The molecule has 3 rings (SSSR count). The number of halogens is 2. The molecule has 1 N–H and O–H groups in total. The van der Waals surface area contributed by atoms with Gasteiger partial charge in [0.1, 0.15) is 18.5 Å². The van der Waals surface area contributed by atoms with E-state index in [1.807, 2.05) is 24.3 Å². The lowest BCUT2D eigenvalue weighted by Gasteiger charge is -2.27. The van der Waals surface area contributed by atoms with E-state index in [1.165, 1.54) is 0 Å². The first-order valence-corrected chi connectivity index (χ1v) is 8.56. The number of benzene rings is 2. The average molecular weight is 382 g/mol. The minimum Gasteiger partial charge on any atom is -0.486 e. The van der Waals surface area contributed by atoms with Crippen LogP contribution >= 0.6 is 23.2 Å². The van der Waals surface area contributed by atoms with Gasteiger partial charge in [0.15, 0.2) is 17.6 Å². The van der Waals surface area contributed by atoms with Gasteiger partial charge in [0, 0.05) is 5.02 Å². The minimum absolute atomic E-state index is 0.259. The van der Waals surface area contributed by atoms with Crippen LogP contribution in [0, 0.1) is 0 Å². The molecular weight excluding hydrogens is 365 g/mol. The van der Waals surface area contributed by atoms with E-state index in [9.17, 15) is 4.79 Å². The van der Waals surface area contributed by atoms with Crippen LogP contribution in [-0.2, 0) is 4.79 Å². The second kappa shape index (κ2) is 7.85. The van der Waals surface area contributed by atoms with Crippen molar-refractivity contribution in [2.24, 2.45) is 0 Å². The molecule has 132 valence electrons. The molecule has 0 bridgehead atoms. The van der Waals surface area contributed by atoms with Crippen molar-refractivity contribution >= 4 is 29.1 Å². The first kappa shape index (κ1) is 17.7. The number of nitrogens with one attached hydrogen (secondary N) is 1. The van der Waals surface area contributed by atoms with Crippen LogP contribution in [0.5, 0.6) is 17.2 Å². The van der Waals surface area contributed by atoms with Crippen molar-refractivity contribution in [2.75, 3.05) is 13.2 Å². The Morgan fingerprint density at radius 3 is 2.80 bits per heavy atom. The Balaban J connectivity index is 1.51. The molecule has 1 aliphatic heterocycles. The van der Waals surface area contributed by atoms with Gasteiger partial charge in [0.25, 0.3) is 5.91 Å². The standard InChI is InChI=1S/C18H17Cl2NO4/c1-11(24-15-7-6-12(19)8-14(15)20)18(22)21-9-13-10-23-16-4-2-3-5-17(16)25-13/h2-8,11,13H,9-10H2,1H3,(H,21,22)/t11-,13-/m0/s1. The molecule has 0 spiro atoms. The van der Waals surface area contributed by atoms with Crippen molar-refractivity contribution in [1.82, 2.24) is 5.32 Å². The summed E-state index contributed by atoms with van der Waals surface area (Å²) in [6.07, 6.45) is -0.972. The molecule has 1 heterocycles. The fourth-order valence-electron chi connectivity index (χ4n) is 2.34. The van der Waals surface area contributed by atoms with Crippen LogP contribution in [0.4, 0.5) is 0 Å².